The Labute approximate surface area is 111 Å². The first-order valence-electron chi connectivity index (χ1n) is 6.80. The average Bonchev–Trinajstić information content (AvgIpc) is 2.50. The van der Waals surface area contributed by atoms with Crippen molar-refractivity contribution in [2.24, 2.45) is 11.8 Å². The Kier molecular flexibility index (Phi) is 3.41. The first-order valence-corrected chi connectivity index (χ1v) is 10.2. The van der Waals surface area contributed by atoms with E-state index in [0.29, 0.717) is 24.0 Å². The number of ketones is 1. The summed E-state index contributed by atoms with van der Waals surface area (Å²) in [4.78, 5) is 12.5. The molecule has 2 aliphatic rings. The van der Waals surface area contributed by atoms with Crippen LogP contribution in [0.2, 0.25) is 19.6 Å². The lowest BCUT2D eigenvalue weighted by molar-refractivity contribution is -0.134. The van der Waals surface area contributed by atoms with Gasteiger partial charge < -0.3 is 4.43 Å². The number of hydrogen-bond donors (Lipinski definition) is 0. The molecule has 0 heterocycles. The van der Waals surface area contributed by atoms with Crippen LogP contribution >= 0.6 is 0 Å². The molecule has 3 atom stereocenters. The Hall–Kier alpha value is -0.673. The molecule has 2 rings (SSSR count). The lowest BCUT2D eigenvalue weighted by Crippen LogP contribution is -2.51. The van der Waals surface area contributed by atoms with Crippen LogP contribution in [0.1, 0.15) is 26.2 Å². The van der Waals surface area contributed by atoms with Crippen molar-refractivity contribution in [3.8, 4) is 0 Å². The van der Waals surface area contributed by atoms with E-state index in [4.69, 9.17) is 4.43 Å². The van der Waals surface area contributed by atoms with E-state index in [9.17, 15) is 4.79 Å². The van der Waals surface area contributed by atoms with E-state index < -0.39 is 13.9 Å². The highest BCUT2D eigenvalue weighted by Gasteiger charge is 2.56. The summed E-state index contributed by atoms with van der Waals surface area (Å²) in [7, 11) is -1.73. The fourth-order valence-electron chi connectivity index (χ4n) is 3.41. The van der Waals surface area contributed by atoms with Crippen LogP contribution in [0.25, 0.3) is 0 Å². The van der Waals surface area contributed by atoms with Crippen molar-refractivity contribution in [1.82, 2.24) is 0 Å². The molecule has 0 radical (unpaired) electrons. The van der Waals surface area contributed by atoms with Gasteiger partial charge in [-0.1, -0.05) is 24.3 Å². The zero-order valence-electron chi connectivity index (χ0n) is 12.0. The predicted octanol–water partition coefficient (Wildman–Crippen LogP) is 3.71. The van der Waals surface area contributed by atoms with E-state index in [-0.39, 0.29) is 0 Å². The maximum Gasteiger partial charge on any atom is 0.185 e. The molecule has 1 unspecified atom stereocenters. The van der Waals surface area contributed by atoms with E-state index in [1.54, 1.807) is 0 Å². The summed E-state index contributed by atoms with van der Waals surface area (Å²) in [6.07, 6.45) is 6.64. The Balaban J connectivity index is 2.38. The van der Waals surface area contributed by atoms with Gasteiger partial charge in [0, 0.05) is 18.8 Å². The number of carbonyl (C=O) groups is 1. The Bertz CT molecular complexity index is 405. The molecule has 0 spiro atoms. The molecule has 18 heavy (non-hydrogen) atoms. The highest BCUT2D eigenvalue weighted by molar-refractivity contribution is 6.70. The largest absolute Gasteiger partial charge is 0.404 e. The fraction of sp³-hybridized carbons (Fsp3) is 0.667. The van der Waals surface area contributed by atoms with Crippen LogP contribution in [-0.4, -0.2) is 19.7 Å². The van der Waals surface area contributed by atoms with E-state index in [1.165, 1.54) is 0 Å². The quantitative estimate of drug-likeness (QED) is 0.574. The molecule has 0 saturated heterocycles. The molecule has 0 N–H and O–H groups in total. The number of hydrogen-bond acceptors (Lipinski definition) is 2. The monoisotopic (exact) mass is 264 g/mol. The molecule has 3 heteroatoms. The zero-order valence-corrected chi connectivity index (χ0v) is 13.0. The van der Waals surface area contributed by atoms with Gasteiger partial charge in [0.2, 0.25) is 0 Å². The molecule has 0 aromatic rings. The number of fused-ring (bicyclic) bond motifs is 1. The molecule has 0 aromatic heterocycles. The van der Waals surface area contributed by atoms with Gasteiger partial charge in [-0.3, -0.25) is 4.79 Å². The van der Waals surface area contributed by atoms with Gasteiger partial charge >= 0.3 is 0 Å². The molecule has 1 fully saturated rings. The van der Waals surface area contributed by atoms with Crippen molar-refractivity contribution < 1.29 is 9.22 Å². The lowest BCUT2D eigenvalue weighted by Gasteiger charge is -2.41. The second-order valence-corrected chi connectivity index (χ2v) is 11.1. The van der Waals surface area contributed by atoms with Crippen LogP contribution in [0.5, 0.6) is 0 Å². The van der Waals surface area contributed by atoms with Crippen molar-refractivity contribution in [3.05, 3.63) is 24.3 Å². The highest BCUT2D eigenvalue weighted by Crippen LogP contribution is 2.50. The Morgan fingerprint density at radius 1 is 1.44 bits per heavy atom. The summed E-state index contributed by atoms with van der Waals surface area (Å²) in [5.41, 5.74) is 0.591. The van der Waals surface area contributed by atoms with Crippen LogP contribution in [0, 0.1) is 11.8 Å². The van der Waals surface area contributed by atoms with Gasteiger partial charge in [0.25, 0.3) is 0 Å². The summed E-state index contributed by atoms with van der Waals surface area (Å²) in [5.74, 6) is 0.908. The fourth-order valence-corrected chi connectivity index (χ4v) is 4.85. The third-order valence-electron chi connectivity index (χ3n) is 4.06. The van der Waals surface area contributed by atoms with Crippen LogP contribution in [0.15, 0.2) is 24.3 Å². The van der Waals surface area contributed by atoms with Gasteiger partial charge in [0.1, 0.15) is 5.60 Å². The second kappa shape index (κ2) is 4.46. The molecular weight excluding hydrogens is 240 g/mol. The molecule has 0 bridgehead atoms. The normalized spacial score (nSPS) is 35.7. The van der Waals surface area contributed by atoms with Crippen LogP contribution in [0.4, 0.5) is 0 Å². The first kappa shape index (κ1) is 13.8. The van der Waals surface area contributed by atoms with E-state index in [2.05, 4.69) is 38.4 Å². The molecule has 0 amide bonds. The molecule has 1 saturated carbocycles. The van der Waals surface area contributed by atoms with Gasteiger partial charge in [-0.2, -0.15) is 0 Å². The maximum absolute atomic E-state index is 12.5. The average molecular weight is 264 g/mol. The Morgan fingerprint density at radius 3 is 2.67 bits per heavy atom. The third-order valence-corrected chi connectivity index (χ3v) is 5.04. The van der Waals surface area contributed by atoms with Gasteiger partial charge in [0.15, 0.2) is 14.1 Å². The number of Topliss-reactive ketones (excluding diaryl/α,β-unsaturated/α-hetero) is 1. The second-order valence-electron chi connectivity index (χ2n) is 6.70. The predicted molar refractivity (Wildman–Crippen MR) is 77.0 cm³/mol. The van der Waals surface area contributed by atoms with Crippen LogP contribution in [0.3, 0.4) is 0 Å². The number of rotatable bonds is 3. The minimum Gasteiger partial charge on any atom is -0.404 e. The van der Waals surface area contributed by atoms with E-state index in [1.807, 2.05) is 6.92 Å². The van der Waals surface area contributed by atoms with Crippen LogP contribution < -0.4 is 0 Å². The first-order chi connectivity index (χ1) is 8.26. The van der Waals surface area contributed by atoms with E-state index in [0.717, 1.165) is 18.4 Å². The number of allylic oxidation sites excluding steroid dienone is 2. The van der Waals surface area contributed by atoms with Crippen molar-refractivity contribution >= 4 is 14.1 Å². The van der Waals surface area contributed by atoms with E-state index >= 15 is 0 Å². The molecule has 2 aliphatic carbocycles. The summed E-state index contributed by atoms with van der Waals surface area (Å²) in [6.45, 7) is 12.6. The zero-order chi connectivity index (χ0) is 13.6. The smallest absolute Gasteiger partial charge is 0.185 e. The summed E-state index contributed by atoms with van der Waals surface area (Å²) in [5, 5.41) is 0. The minimum atomic E-state index is -1.73. The highest BCUT2D eigenvalue weighted by atomic mass is 28.4. The van der Waals surface area contributed by atoms with Gasteiger partial charge in [0.05, 0.1) is 0 Å². The van der Waals surface area contributed by atoms with Crippen molar-refractivity contribution in [2.45, 2.75) is 51.4 Å². The molecule has 0 aliphatic heterocycles. The summed E-state index contributed by atoms with van der Waals surface area (Å²) in [6, 6.07) is 0. The summed E-state index contributed by atoms with van der Waals surface area (Å²) >= 11 is 0. The lowest BCUT2D eigenvalue weighted by atomic mass is 9.76. The summed E-state index contributed by atoms with van der Waals surface area (Å²) < 4.78 is 6.38. The standard InChI is InChI=1S/C15H24O2Si/c1-11(2)12-10-14(16)15(17-18(3,4)5)9-7-6-8-13(12)15/h6-7,12-13H,1,8-10H2,2-5H3/t12-,13+,15?/m0/s1. The van der Waals surface area contributed by atoms with Crippen molar-refractivity contribution in [2.75, 3.05) is 0 Å². The van der Waals surface area contributed by atoms with Gasteiger partial charge in [-0.15, -0.1) is 0 Å². The van der Waals surface area contributed by atoms with Gasteiger partial charge in [-0.05, 0) is 38.9 Å². The molecule has 2 nitrogen and oxygen atoms in total. The van der Waals surface area contributed by atoms with Crippen LogP contribution in [-0.2, 0) is 9.22 Å². The SMILES string of the molecule is C=C(C)[C@@H]1CC(=O)C2(O[Si](C)(C)C)CC=CC[C@H]12. The maximum atomic E-state index is 12.5. The topological polar surface area (TPSA) is 26.3 Å². The van der Waals surface area contributed by atoms with Gasteiger partial charge in [-0.25, -0.2) is 0 Å². The molecular formula is C15H24O2Si. The van der Waals surface area contributed by atoms with Crippen molar-refractivity contribution in [3.63, 3.8) is 0 Å². The minimum absolute atomic E-state index is 0.298. The third kappa shape index (κ3) is 2.26. The molecule has 0 aromatic carbocycles. The Morgan fingerprint density at radius 2 is 2.11 bits per heavy atom. The molecule has 100 valence electrons. The van der Waals surface area contributed by atoms with Crippen molar-refractivity contribution in [1.29, 1.82) is 0 Å². The number of carbonyl (C=O) groups excluding carboxylic acids is 1.